The maximum Gasteiger partial charge on any atom is 0.270 e. The van der Waals surface area contributed by atoms with Crippen LogP contribution in [0.4, 0.5) is 0 Å². The zero-order valence-electron chi connectivity index (χ0n) is 9.75. The minimum Gasteiger partial charge on any atom is -0.384 e. The van der Waals surface area contributed by atoms with Gasteiger partial charge >= 0.3 is 0 Å². The van der Waals surface area contributed by atoms with Gasteiger partial charge in [-0.25, -0.2) is 0 Å². The zero-order valence-corrected chi connectivity index (χ0v) is 10.5. The molecule has 1 heterocycles. The van der Waals surface area contributed by atoms with Crippen LogP contribution in [0, 0.1) is 5.41 Å². The van der Waals surface area contributed by atoms with Gasteiger partial charge in [0, 0.05) is 19.1 Å². The standard InChI is InChI=1S/C11H16ClN3O2/c1-17-7-11(3-2-4-11)6-13-10(16)9-8(12)5-14-15-9/h5H,2-4,6-7H2,1H3,(H,13,16)(H,14,15). The van der Waals surface area contributed by atoms with E-state index in [1.165, 1.54) is 12.6 Å². The Morgan fingerprint density at radius 3 is 2.94 bits per heavy atom. The number of methoxy groups -OCH3 is 1. The first kappa shape index (κ1) is 12.4. The van der Waals surface area contributed by atoms with Crippen molar-refractivity contribution in [3.63, 3.8) is 0 Å². The minimum absolute atomic E-state index is 0.108. The Kier molecular flexibility index (Phi) is 3.69. The second-order valence-corrected chi connectivity index (χ2v) is 4.97. The van der Waals surface area contributed by atoms with Crippen LogP contribution in [-0.4, -0.2) is 36.4 Å². The third-order valence-corrected chi connectivity index (χ3v) is 3.60. The number of aromatic nitrogens is 2. The summed E-state index contributed by atoms with van der Waals surface area (Å²) < 4.78 is 5.20. The number of aromatic amines is 1. The lowest BCUT2D eigenvalue weighted by Gasteiger charge is -2.41. The van der Waals surface area contributed by atoms with Crippen molar-refractivity contribution < 1.29 is 9.53 Å². The predicted octanol–water partition coefficient (Wildman–Crippen LogP) is 1.61. The molecule has 2 rings (SSSR count). The quantitative estimate of drug-likeness (QED) is 0.842. The Labute approximate surface area is 105 Å². The molecule has 0 radical (unpaired) electrons. The molecule has 0 saturated heterocycles. The summed E-state index contributed by atoms with van der Waals surface area (Å²) in [5.41, 5.74) is 0.426. The van der Waals surface area contributed by atoms with Crippen molar-refractivity contribution in [3.8, 4) is 0 Å². The number of halogens is 1. The van der Waals surface area contributed by atoms with Crippen LogP contribution in [0.3, 0.4) is 0 Å². The largest absolute Gasteiger partial charge is 0.384 e. The van der Waals surface area contributed by atoms with Crippen molar-refractivity contribution in [1.82, 2.24) is 15.5 Å². The van der Waals surface area contributed by atoms with E-state index in [0.29, 0.717) is 23.9 Å². The van der Waals surface area contributed by atoms with E-state index in [1.54, 1.807) is 7.11 Å². The van der Waals surface area contributed by atoms with Gasteiger partial charge in [-0.2, -0.15) is 5.10 Å². The SMILES string of the molecule is COCC1(CNC(=O)c2[nH]ncc2Cl)CCC1. The molecule has 5 nitrogen and oxygen atoms in total. The summed E-state index contributed by atoms with van der Waals surface area (Å²) in [6.45, 7) is 1.30. The van der Waals surface area contributed by atoms with E-state index in [-0.39, 0.29) is 11.3 Å². The number of nitrogens with zero attached hydrogens (tertiary/aromatic N) is 1. The second kappa shape index (κ2) is 5.06. The molecule has 1 aromatic rings. The van der Waals surface area contributed by atoms with Gasteiger partial charge in [0.25, 0.3) is 5.91 Å². The van der Waals surface area contributed by atoms with E-state index in [9.17, 15) is 4.79 Å². The molecular weight excluding hydrogens is 242 g/mol. The molecule has 0 spiro atoms. The molecule has 0 bridgehead atoms. The van der Waals surface area contributed by atoms with Crippen molar-refractivity contribution in [2.75, 3.05) is 20.3 Å². The predicted molar refractivity (Wildman–Crippen MR) is 64.1 cm³/mol. The van der Waals surface area contributed by atoms with Gasteiger partial charge in [-0.1, -0.05) is 18.0 Å². The van der Waals surface area contributed by atoms with E-state index < -0.39 is 0 Å². The summed E-state index contributed by atoms with van der Waals surface area (Å²) in [5, 5.41) is 9.52. The Morgan fingerprint density at radius 2 is 2.47 bits per heavy atom. The molecule has 1 aromatic heterocycles. The van der Waals surface area contributed by atoms with Crippen LogP contribution in [0.15, 0.2) is 6.20 Å². The lowest BCUT2D eigenvalue weighted by atomic mass is 9.69. The topological polar surface area (TPSA) is 67.0 Å². The van der Waals surface area contributed by atoms with E-state index in [2.05, 4.69) is 15.5 Å². The number of H-pyrrole nitrogens is 1. The van der Waals surface area contributed by atoms with Gasteiger partial charge in [0.1, 0.15) is 5.69 Å². The number of amides is 1. The lowest BCUT2D eigenvalue weighted by Crippen LogP contribution is -2.45. The number of hydrogen-bond donors (Lipinski definition) is 2. The molecule has 0 aromatic carbocycles. The molecule has 1 aliphatic carbocycles. The maximum atomic E-state index is 11.8. The number of nitrogens with one attached hydrogen (secondary N) is 2. The first-order valence-corrected chi connectivity index (χ1v) is 6.01. The van der Waals surface area contributed by atoms with Gasteiger partial charge in [0.2, 0.25) is 0 Å². The van der Waals surface area contributed by atoms with Crippen LogP contribution in [-0.2, 0) is 4.74 Å². The van der Waals surface area contributed by atoms with E-state index in [1.807, 2.05) is 0 Å². The highest BCUT2D eigenvalue weighted by Gasteiger charge is 2.37. The fourth-order valence-corrected chi connectivity index (χ4v) is 2.32. The highest BCUT2D eigenvalue weighted by Crippen LogP contribution is 2.40. The molecular formula is C11H16ClN3O2. The van der Waals surface area contributed by atoms with Gasteiger partial charge in [-0.3, -0.25) is 9.89 Å². The molecule has 0 unspecified atom stereocenters. The van der Waals surface area contributed by atoms with Crippen LogP contribution >= 0.6 is 11.6 Å². The summed E-state index contributed by atoms with van der Waals surface area (Å²) >= 11 is 5.81. The highest BCUT2D eigenvalue weighted by atomic mass is 35.5. The number of hydrogen-bond acceptors (Lipinski definition) is 3. The Bertz CT molecular complexity index is 401. The second-order valence-electron chi connectivity index (χ2n) is 4.56. The maximum absolute atomic E-state index is 11.8. The number of rotatable bonds is 5. The highest BCUT2D eigenvalue weighted by molar-refractivity contribution is 6.33. The average Bonchev–Trinajstić information content (AvgIpc) is 2.68. The fraction of sp³-hybridized carbons (Fsp3) is 0.636. The number of ether oxygens (including phenoxy) is 1. The van der Waals surface area contributed by atoms with Gasteiger partial charge in [-0.05, 0) is 12.8 Å². The molecule has 94 valence electrons. The van der Waals surface area contributed by atoms with Crippen molar-refractivity contribution in [2.45, 2.75) is 19.3 Å². The first-order chi connectivity index (χ1) is 8.17. The van der Waals surface area contributed by atoms with E-state index in [4.69, 9.17) is 16.3 Å². The Balaban J connectivity index is 1.90. The molecule has 0 atom stereocenters. The summed E-state index contributed by atoms with van der Waals surface area (Å²) in [4.78, 5) is 11.8. The molecule has 0 aliphatic heterocycles. The summed E-state index contributed by atoms with van der Waals surface area (Å²) in [7, 11) is 1.69. The van der Waals surface area contributed by atoms with Gasteiger partial charge in [0.05, 0.1) is 17.8 Å². The van der Waals surface area contributed by atoms with Crippen LogP contribution in [0.1, 0.15) is 29.8 Å². The summed E-state index contributed by atoms with van der Waals surface area (Å²) in [6.07, 6.45) is 4.81. The fourth-order valence-electron chi connectivity index (χ4n) is 2.14. The molecule has 6 heteroatoms. The van der Waals surface area contributed by atoms with Gasteiger partial charge < -0.3 is 10.1 Å². The van der Waals surface area contributed by atoms with Crippen molar-refractivity contribution >= 4 is 17.5 Å². The smallest absolute Gasteiger partial charge is 0.270 e. The molecule has 1 fully saturated rings. The molecule has 1 saturated carbocycles. The first-order valence-electron chi connectivity index (χ1n) is 5.63. The Morgan fingerprint density at radius 1 is 1.71 bits per heavy atom. The third-order valence-electron chi connectivity index (χ3n) is 3.31. The van der Waals surface area contributed by atoms with Gasteiger partial charge in [0.15, 0.2) is 0 Å². The van der Waals surface area contributed by atoms with Crippen LogP contribution in [0.5, 0.6) is 0 Å². The van der Waals surface area contributed by atoms with Crippen LogP contribution < -0.4 is 5.32 Å². The van der Waals surface area contributed by atoms with E-state index >= 15 is 0 Å². The monoisotopic (exact) mass is 257 g/mol. The molecule has 2 N–H and O–H groups in total. The van der Waals surface area contributed by atoms with Crippen molar-refractivity contribution in [3.05, 3.63) is 16.9 Å². The minimum atomic E-state index is -0.213. The van der Waals surface area contributed by atoms with E-state index in [0.717, 1.165) is 12.8 Å². The normalized spacial score (nSPS) is 17.5. The molecule has 17 heavy (non-hydrogen) atoms. The van der Waals surface area contributed by atoms with Crippen molar-refractivity contribution in [2.24, 2.45) is 5.41 Å². The average molecular weight is 258 g/mol. The number of carbonyl (C=O) groups excluding carboxylic acids is 1. The Hall–Kier alpha value is -1.07. The molecule has 1 aliphatic rings. The third kappa shape index (κ3) is 2.61. The summed E-state index contributed by atoms with van der Waals surface area (Å²) in [6, 6.07) is 0. The summed E-state index contributed by atoms with van der Waals surface area (Å²) in [5.74, 6) is -0.213. The number of carbonyl (C=O) groups is 1. The van der Waals surface area contributed by atoms with Crippen molar-refractivity contribution in [1.29, 1.82) is 0 Å². The lowest BCUT2D eigenvalue weighted by molar-refractivity contribution is 0.0179. The molecule has 1 amide bonds. The van der Waals surface area contributed by atoms with Gasteiger partial charge in [-0.15, -0.1) is 0 Å². The van der Waals surface area contributed by atoms with Crippen LogP contribution in [0.2, 0.25) is 5.02 Å². The van der Waals surface area contributed by atoms with Crippen LogP contribution in [0.25, 0.3) is 0 Å². The zero-order chi connectivity index (χ0) is 12.3.